The normalized spacial score (nSPS) is 14.0. The summed E-state index contributed by atoms with van der Waals surface area (Å²) in [5.41, 5.74) is 0. The van der Waals surface area contributed by atoms with E-state index in [0.29, 0.717) is 0 Å². The van der Waals surface area contributed by atoms with Crippen LogP contribution in [0.25, 0.3) is 0 Å². The average Bonchev–Trinajstić information content (AvgIpc) is 1.55. The molecule has 0 aromatic carbocycles. The Hall–Kier alpha value is -0.0962. The quantitative estimate of drug-likeness (QED) is 0.380. The topological polar surface area (TPSA) is 21.6 Å². The summed E-state index contributed by atoms with van der Waals surface area (Å²) in [6.45, 7) is 13.0. The van der Waals surface area contributed by atoms with Crippen molar-refractivity contribution < 1.29 is 4.43 Å². The third-order valence-corrected chi connectivity index (χ3v) is 2.54. The maximum absolute atomic E-state index is 5.49. The highest BCUT2D eigenvalue weighted by molar-refractivity contribution is 6.75. The third-order valence-electron chi connectivity index (χ3n) is 0.846. The van der Waals surface area contributed by atoms with Crippen LogP contribution < -0.4 is 0 Å². The maximum atomic E-state index is 5.49. The molecule has 0 saturated carbocycles. The van der Waals surface area contributed by atoms with Gasteiger partial charge in [-0.15, -0.1) is 0 Å². The highest BCUT2D eigenvalue weighted by atomic mass is 28.4. The second kappa shape index (κ2) is 3.53. The first-order valence-corrected chi connectivity index (χ1v) is 10.8. The summed E-state index contributed by atoms with van der Waals surface area (Å²) in [5.74, 6) is 0. The zero-order valence-electron chi connectivity index (χ0n) is 8.43. The van der Waals surface area contributed by atoms with E-state index in [0.717, 1.165) is 0 Å². The molecule has 0 radical (unpaired) electrons. The van der Waals surface area contributed by atoms with Crippen LogP contribution in [-0.4, -0.2) is 23.0 Å². The lowest BCUT2D eigenvalue weighted by molar-refractivity contribution is 0.577. The molecule has 4 heteroatoms. The van der Waals surface area contributed by atoms with Crippen LogP contribution in [0, 0.1) is 0 Å². The Labute approximate surface area is 71.9 Å². The molecule has 0 aliphatic rings. The molecule has 2 nitrogen and oxygen atoms in total. The van der Waals surface area contributed by atoms with Crippen molar-refractivity contribution in [3.05, 3.63) is 0 Å². The van der Waals surface area contributed by atoms with Gasteiger partial charge in [-0.2, -0.15) is 0 Å². The first kappa shape index (κ1) is 10.9. The van der Waals surface area contributed by atoms with Crippen molar-refractivity contribution in [2.24, 2.45) is 4.66 Å². The van der Waals surface area contributed by atoms with Gasteiger partial charge in [0.15, 0.2) is 8.24 Å². The van der Waals surface area contributed by atoms with Crippen molar-refractivity contribution >= 4 is 23.0 Å². The molecule has 0 N–H and O–H groups in total. The Morgan fingerprint density at radius 3 is 1.73 bits per heavy atom. The molecule has 0 spiro atoms. The van der Waals surface area contributed by atoms with E-state index in [1.165, 1.54) is 0 Å². The summed E-state index contributed by atoms with van der Waals surface area (Å²) in [4.78, 5) is 0. The van der Waals surface area contributed by atoms with Gasteiger partial charge in [-0.05, 0) is 39.3 Å². The zero-order valence-corrected chi connectivity index (χ0v) is 10.4. The minimum Gasteiger partial charge on any atom is -0.537 e. The van der Waals surface area contributed by atoms with Crippen molar-refractivity contribution in [2.45, 2.75) is 39.3 Å². The summed E-state index contributed by atoms with van der Waals surface area (Å²) < 4.78 is 9.86. The third kappa shape index (κ3) is 9.90. The van der Waals surface area contributed by atoms with Crippen molar-refractivity contribution in [3.63, 3.8) is 0 Å². The zero-order chi connectivity index (χ0) is 9.12. The Balaban J connectivity index is 3.80. The average molecular weight is 189 g/mol. The van der Waals surface area contributed by atoms with E-state index in [4.69, 9.17) is 4.43 Å². The van der Waals surface area contributed by atoms with E-state index in [1.807, 2.05) is 0 Å². The molecule has 0 bridgehead atoms. The monoisotopic (exact) mass is 189 g/mol. The van der Waals surface area contributed by atoms with Crippen molar-refractivity contribution in [1.29, 1.82) is 0 Å². The highest BCUT2D eigenvalue weighted by Gasteiger charge is 2.15. The van der Waals surface area contributed by atoms with Crippen molar-refractivity contribution in [1.82, 2.24) is 0 Å². The molecule has 0 aromatic rings. The molecule has 0 atom stereocenters. The van der Waals surface area contributed by atoms with Gasteiger partial charge in [-0.25, -0.2) is 0 Å². The van der Waals surface area contributed by atoms with E-state index >= 15 is 0 Å². The highest BCUT2D eigenvalue weighted by Crippen LogP contribution is 2.03. The molecule has 0 rings (SSSR count). The lowest BCUT2D eigenvalue weighted by Gasteiger charge is -2.16. The van der Waals surface area contributed by atoms with Crippen LogP contribution in [0.5, 0.6) is 0 Å². The van der Waals surface area contributed by atoms with Gasteiger partial charge >= 0.3 is 0 Å². The Morgan fingerprint density at radius 1 is 1.00 bits per heavy atom. The smallest absolute Gasteiger partial charge is 0.243 e. The fourth-order valence-electron chi connectivity index (χ4n) is 0.343. The van der Waals surface area contributed by atoms with Crippen LogP contribution in [0.15, 0.2) is 4.66 Å². The first-order chi connectivity index (χ1) is 4.71. The van der Waals surface area contributed by atoms with Gasteiger partial charge in [0.05, 0.1) is 0 Å². The summed E-state index contributed by atoms with van der Waals surface area (Å²) >= 11 is 0. The van der Waals surface area contributed by atoms with Gasteiger partial charge in [-0.3, -0.25) is 4.66 Å². The molecule has 66 valence electrons. The van der Waals surface area contributed by atoms with Gasteiger partial charge in [0.25, 0.3) is 0 Å². The molecule has 0 aliphatic heterocycles. The second-order valence-corrected chi connectivity index (χ2v) is 13.7. The molecule has 0 aliphatic carbocycles. The van der Waals surface area contributed by atoms with E-state index in [9.17, 15) is 0 Å². The molecular formula is C7H19NOSi2. The summed E-state index contributed by atoms with van der Waals surface area (Å²) in [6.07, 6.45) is 1.67. The van der Waals surface area contributed by atoms with Crippen LogP contribution >= 0.6 is 0 Å². The van der Waals surface area contributed by atoms with E-state index in [2.05, 4.69) is 43.9 Å². The molecule has 11 heavy (non-hydrogen) atoms. The lowest BCUT2D eigenvalue weighted by Crippen LogP contribution is -2.26. The van der Waals surface area contributed by atoms with E-state index in [1.54, 1.807) is 6.40 Å². The summed E-state index contributed by atoms with van der Waals surface area (Å²) in [6, 6.07) is 0. The summed E-state index contributed by atoms with van der Waals surface area (Å²) in [5, 5.41) is 0. The van der Waals surface area contributed by atoms with E-state index in [-0.39, 0.29) is 0 Å². The van der Waals surface area contributed by atoms with Crippen LogP contribution in [-0.2, 0) is 4.43 Å². The van der Waals surface area contributed by atoms with Crippen molar-refractivity contribution in [2.75, 3.05) is 0 Å². The first-order valence-electron chi connectivity index (χ1n) is 3.92. The van der Waals surface area contributed by atoms with Gasteiger partial charge in [0.1, 0.15) is 6.40 Å². The van der Waals surface area contributed by atoms with Gasteiger partial charge in [-0.1, -0.05) is 0 Å². The number of hydrogen-bond acceptors (Lipinski definition) is 2. The van der Waals surface area contributed by atoms with Crippen LogP contribution in [0.4, 0.5) is 0 Å². The van der Waals surface area contributed by atoms with Gasteiger partial charge < -0.3 is 4.43 Å². The Kier molecular flexibility index (Phi) is 3.50. The SMILES string of the molecule is C[Si](C)(C)/N=C/O[Si](C)(C)C. The molecule has 0 heterocycles. The second-order valence-electron chi connectivity index (χ2n) is 4.64. The number of hydrogen-bond donors (Lipinski definition) is 0. The molecule has 0 unspecified atom stereocenters. The Bertz CT molecular complexity index is 144. The Morgan fingerprint density at radius 2 is 1.45 bits per heavy atom. The van der Waals surface area contributed by atoms with Crippen LogP contribution in [0.3, 0.4) is 0 Å². The minimum atomic E-state index is -1.38. The standard InChI is InChI=1S/C7H19NOSi2/c1-10(2,3)8-7-9-11(4,5)6/h7H,1-6H3/b8-7+. The predicted octanol–water partition coefficient (Wildman–Crippen LogP) is 2.70. The van der Waals surface area contributed by atoms with Gasteiger partial charge in [0, 0.05) is 0 Å². The fraction of sp³-hybridized carbons (Fsp3) is 0.857. The van der Waals surface area contributed by atoms with Gasteiger partial charge in [0.2, 0.25) is 8.32 Å². The van der Waals surface area contributed by atoms with Crippen LogP contribution in [0.2, 0.25) is 39.3 Å². The predicted molar refractivity (Wildman–Crippen MR) is 56.3 cm³/mol. The molecule has 0 aromatic heterocycles. The fourth-order valence-corrected chi connectivity index (χ4v) is 1.19. The molecule has 0 saturated heterocycles. The minimum absolute atomic E-state index is 1.29. The summed E-state index contributed by atoms with van der Waals surface area (Å²) in [7, 11) is -2.67. The lowest BCUT2D eigenvalue weighted by atomic mass is 11.6. The van der Waals surface area contributed by atoms with Crippen LogP contribution in [0.1, 0.15) is 0 Å². The largest absolute Gasteiger partial charge is 0.537 e. The number of nitrogens with zero attached hydrogens (tertiary/aromatic N) is 1. The molecule has 0 amide bonds. The van der Waals surface area contributed by atoms with Crippen molar-refractivity contribution in [3.8, 4) is 0 Å². The molecule has 0 fully saturated rings. The maximum Gasteiger partial charge on any atom is 0.243 e. The number of rotatable bonds is 3. The molecular weight excluding hydrogens is 170 g/mol. The van der Waals surface area contributed by atoms with E-state index < -0.39 is 16.6 Å².